The van der Waals surface area contributed by atoms with Crippen LogP contribution in [0, 0.1) is 0 Å². The molecule has 12 heavy (non-hydrogen) atoms. The molecular formula is C8H17NO3. The molecule has 0 aromatic rings. The topological polar surface area (TPSA) is 49.8 Å². The van der Waals surface area contributed by atoms with E-state index in [-0.39, 0.29) is 12.5 Å². The van der Waals surface area contributed by atoms with Gasteiger partial charge in [0, 0.05) is 20.2 Å². The average Bonchev–Trinajstić information content (AvgIpc) is 2.05. The molecule has 0 aromatic heterocycles. The Labute approximate surface area is 73.1 Å². The van der Waals surface area contributed by atoms with E-state index in [0.717, 1.165) is 0 Å². The van der Waals surface area contributed by atoms with Crippen molar-refractivity contribution in [3.05, 3.63) is 0 Å². The summed E-state index contributed by atoms with van der Waals surface area (Å²) in [5, 5.41) is 8.53. The highest BCUT2D eigenvalue weighted by Gasteiger charge is 2.06. The maximum Gasteiger partial charge on any atom is 0.224 e. The number of likely N-dealkylation sites (N-methyl/N-ethyl adjacent to an activating group) is 1. The Hall–Kier alpha value is -0.610. The van der Waals surface area contributed by atoms with Gasteiger partial charge in [0.2, 0.25) is 5.91 Å². The number of aliphatic hydroxyl groups excluding tert-OH is 1. The first kappa shape index (κ1) is 11.4. The predicted molar refractivity (Wildman–Crippen MR) is 45.8 cm³/mol. The minimum atomic E-state index is 0.0108. The molecule has 1 amide bonds. The Bertz CT molecular complexity index is 127. The van der Waals surface area contributed by atoms with Crippen LogP contribution in [0.2, 0.25) is 0 Å². The third-order valence-electron chi connectivity index (χ3n) is 1.53. The molecule has 0 fully saturated rings. The lowest BCUT2D eigenvalue weighted by molar-refractivity contribution is -0.131. The van der Waals surface area contributed by atoms with Gasteiger partial charge in [0.25, 0.3) is 0 Å². The van der Waals surface area contributed by atoms with E-state index in [1.165, 1.54) is 4.90 Å². The first-order valence-electron chi connectivity index (χ1n) is 4.15. The van der Waals surface area contributed by atoms with E-state index >= 15 is 0 Å². The maximum absolute atomic E-state index is 11.1. The second-order valence-electron chi connectivity index (χ2n) is 2.49. The van der Waals surface area contributed by atoms with Crippen LogP contribution in [0.4, 0.5) is 0 Å². The quantitative estimate of drug-likeness (QED) is 0.572. The zero-order valence-corrected chi connectivity index (χ0v) is 7.75. The number of ether oxygens (including phenoxy) is 1. The van der Waals surface area contributed by atoms with Crippen molar-refractivity contribution in [1.29, 1.82) is 0 Å². The summed E-state index contributed by atoms with van der Waals surface area (Å²) in [4.78, 5) is 12.6. The van der Waals surface area contributed by atoms with Gasteiger partial charge in [0.1, 0.15) is 0 Å². The van der Waals surface area contributed by atoms with E-state index in [1.807, 2.05) is 6.92 Å². The molecule has 0 heterocycles. The summed E-state index contributed by atoms with van der Waals surface area (Å²) >= 11 is 0. The highest BCUT2D eigenvalue weighted by Crippen LogP contribution is 1.90. The molecule has 0 aromatic carbocycles. The number of amides is 1. The molecule has 0 atom stereocenters. The second kappa shape index (κ2) is 7.06. The maximum atomic E-state index is 11.1. The van der Waals surface area contributed by atoms with Crippen molar-refractivity contribution in [3.8, 4) is 0 Å². The van der Waals surface area contributed by atoms with Gasteiger partial charge >= 0.3 is 0 Å². The molecular weight excluding hydrogens is 158 g/mol. The van der Waals surface area contributed by atoms with Crippen molar-refractivity contribution in [2.75, 3.05) is 33.4 Å². The van der Waals surface area contributed by atoms with Crippen molar-refractivity contribution < 1.29 is 14.6 Å². The molecule has 1 N–H and O–H groups in total. The van der Waals surface area contributed by atoms with Crippen molar-refractivity contribution in [1.82, 2.24) is 4.90 Å². The molecule has 0 saturated heterocycles. The number of rotatable bonds is 6. The molecule has 0 aliphatic carbocycles. The summed E-state index contributed by atoms with van der Waals surface area (Å²) in [5.74, 6) is 0.0116. The fraction of sp³-hybridized carbons (Fsp3) is 0.875. The zero-order chi connectivity index (χ0) is 9.40. The van der Waals surface area contributed by atoms with Crippen LogP contribution >= 0.6 is 0 Å². The van der Waals surface area contributed by atoms with Gasteiger partial charge in [-0.2, -0.15) is 0 Å². The Balaban J connectivity index is 3.43. The third-order valence-corrected chi connectivity index (χ3v) is 1.53. The first-order valence-corrected chi connectivity index (χ1v) is 4.15. The van der Waals surface area contributed by atoms with Crippen LogP contribution in [0.15, 0.2) is 0 Å². The van der Waals surface area contributed by atoms with Crippen LogP contribution in [-0.2, 0) is 9.53 Å². The van der Waals surface area contributed by atoms with E-state index in [9.17, 15) is 4.79 Å². The number of hydrogen-bond acceptors (Lipinski definition) is 3. The van der Waals surface area contributed by atoms with E-state index in [1.54, 1.807) is 7.05 Å². The fourth-order valence-electron chi connectivity index (χ4n) is 0.769. The lowest BCUT2D eigenvalue weighted by atomic mass is 10.4. The molecule has 0 spiro atoms. The van der Waals surface area contributed by atoms with Crippen LogP contribution in [0.1, 0.15) is 13.3 Å². The lowest BCUT2D eigenvalue weighted by Crippen LogP contribution is -2.30. The van der Waals surface area contributed by atoms with Gasteiger partial charge in [-0.3, -0.25) is 4.79 Å². The first-order chi connectivity index (χ1) is 5.72. The molecule has 0 aliphatic heterocycles. The number of aliphatic hydroxyl groups is 1. The minimum Gasteiger partial charge on any atom is -0.395 e. The smallest absolute Gasteiger partial charge is 0.224 e. The Morgan fingerprint density at radius 2 is 2.25 bits per heavy atom. The summed E-state index contributed by atoms with van der Waals surface area (Å²) < 4.78 is 5.02. The number of carbonyl (C=O) groups excluding carboxylic acids is 1. The number of nitrogens with zero attached hydrogens (tertiary/aromatic N) is 1. The van der Waals surface area contributed by atoms with E-state index in [2.05, 4.69) is 0 Å². The van der Waals surface area contributed by atoms with Gasteiger partial charge in [-0.05, 0) is 6.92 Å². The van der Waals surface area contributed by atoms with Crippen LogP contribution in [0.5, 0.6) is 0 Å². The molecule has 72 valence electrons. The van der Waals surface area contributed by atoms with Crippen molar-refractivity contribution in [2.24, 2.45) is 0 Å². The Kier molecular flexibility index (Phi) is 6.70. The lowest BCUT2D eigenvalue weighted by Gasteiger charge is -2.15. The van der Waals surface area contributed by atoms with E-state index in [4.69, 9.17) is 9.84 Å². The molecule has 0 saturated carbocycles. The second-order valence-corrected chi connectivity index (χ2v) is 2.49. The molecule has 0 aliphatic rings. The monoisotopic (exact) mass is 175 g/mol. The van der Waals surface area contributed by atoms with Crippen LogP contribution in [-0.4, -0.2) is 49.3 Å². The standard InChI is InChI=1S/C8H17NO3/c1-3-12-7-4-8(11)9(2)5-6-10/h10H,3-7H2,1-2H3. The predicted octanol–water partition coefficient (Wildman–Crippen LogP) is -0.136. The van der Waals surface area contributed by atoms with Crippen LogP contribution in [0.3, 0.4) is 0 Å². The SMILES string of the molecule is CCOCCC(=O)N(C)CCO. The molecule has 0 bridgehead atoms. The molecule has 0 radical (unpaired) electrons. The van der Waals surface area contributed by atoms with E-state index < -0.39 is 0 Å². The van der Waals surface area contributed by atoms with Gasteiger partial charge in [-0.25, -0.2) is 0 Å². The normalized spacial score (nSPS) is 9.92. The third kappa shape index (κ3) is 5.09. The highest BCUT2D eigenvalue weighted by molar-refractivity contribution is 5.75. The van der Waals surface area contributed by atoms with Gasteiger partial charge < -0.3 is 14.7 Å². The van der Waals surface area contributed by atoms with E-state index in [0.29, 0.717) is 26.2 Å². The Morgan fingerprint density at radius 3 is 2.75 bits per heavy atom. The summed E-state index contributed by atoms with van der Waals surface area (Å²) in [5.41, 5.74) is 0. The van der Waals surface area contributed by atoms with Gasteiger partial charge in [0.05, 0.1) is 19.6 Å². The number of hydrogen-bond donors (Lipinski definition) is 1. The summed E-state index contributed by atoms with van der Waals surface area (Å²) in [6.45, 7) is 3.39. The van der Waals surface area contributed by atoms with Crippen LogP contribution < -0.4 is 0 Å². The molecule has 0 unspecified atom stereocenters. The largest absolute Gasteiger partial charge is 0.395 e. The number of carbonyl (C=O) groups is 1. The van der Waals surface area contributed by atoms with Crippen molar-refractivity contribution >= 4 is 5.91 Å². The zero-order valence-electron chi connectivity index (χ0n) is 7.75. The summed E-state index contributed by atoms with van der Waals surface area (Å²) in [6.07, 6.45) is 0.393. The Morgan fingerprint density at radius 1 is 1.58 bits per heavy atom. The fourth-order valence-corrected chi connectivity index (χ4v) is 0.769. The highest BCUT2D eigenvalue weighted by atomic mass is 16.5. The summed E-state index contributed by atoms with van der Waals surface area (Å²) in [6, 6.07) is 0. The molecule has 4 nitrogen and oxygen atoms in total. The van der Waals surface area contributed by atoms with Gasteiger partial charge in [0.15, 0.2) is 0 Å². The molecule has 0 rings (SSSR count). The van der Waals surface area contributed by atoms with Crippen molar-refractivity contribution in [3.63, 3.8) is 0 Å². The van der Waals surface area contributed by atoms with Crippen molar-refractivity contribution in [2.45, 2.75) is 13.3 Å². The summed E-state index contributed by atoms with van der Waals surface area (Å²) in [7, 11) is 1.67. The van der Waals surface area contributed by atoms with Gasteiger partial charge in [-0.1, -0.05) is 0 Å². The average molecular weight is 175 g/mol. The van der Waals surface area contributed by atoms with Gasteiger partial charge in [-0.15, -0.1) is 0 Å². The van der Waals surface area contributed by atoms with Crippen LogP contribution in [0.25, 0.3) is 0 Å². The minimum absolute atomic E-state index is 0.0108. The molecule has 4 heteroatoms.